The van der Waals surface area contributed by atoms with Crippen LogP contribution in [0.3, 0.4) is 0 Å². The number of hydrogen-bond donors (Lipinski definition) is 1. The fourth-order valence-electron chi connectivity index (χ4n) is 1.72. The molecule has 0 unspecified atom stereocenters. The summed E-state index contributed by atoms with van der Waals surface area (Å²) in [6, 6.07) is 3.77. The fraction of sp³-hybridized carbons (Fsp3) is 0.429. The molecule has 0 aliphatic carbocycles. The molecule has 0 spiro atoms. The maximum atomic E-state index is 5.86. The van der Waals surface area contributed by atoms with Gasteiger partial charge in [0.05, 0.1) is 8.04 Å². The minimum absolute atomic E-state index is 0.652. The van der Waals surface area contributed by atoms with E-state index in [2.05, 4.69) is 56.9 Å². The third-order valence-electron chi connectivity index (χ3n) is 2.62. The van der Waals surface area contributed by atoms with Gasteiger partial charge in [0.25, 0.3) is 0 Å². The monoisotopic (exact) mass is 438 g/mol. The van der Waals surface area contributed by atoms with Crippen molar-refractivity contribution < 1.29 is 4.74 Å². The Labute approximate surface area is 137 Å². The molecule has 2 N–H and O–H groups in total. The van der Waals surface area contributed by atoms with Gasteiger partial charge in [-0.1, -0.05) is 19.1 Å². The number of ether oxygens (including phenoxy) is 1. The lowest BCUT2D eigenvalue weighted by atomic mass is 10.3. The second-order valence-corrected chi connectivity index (χ2v) is 6.50. The Balaban J connectivity index is 2.55. The summed E-state index contributed by atoms with van der Waals surface area (Å²) in [6.07, 6.45) is 0. The van der Waals surface area contributed by atoms with E-state index in [9.17, 15) is 0 Å². The SMILES string of the molecule is C=C(C)CN(CC)CCOc1c(Br)cc(N)cc1I. The van der Waals surface area contributed by atoms with Crippen molar-refractivity contribution in [2.75, 3.05) is 32.0 Å². The molecular formula is C14H20BrIN2O. The molecule has 0 saturated carbocycles. The minimum Gasteiger partial charge on any atom is -0.490 e. The first kappa shape index (κ1) is 16.8. The number of rotatable bonds is 7. The second kappa shape index (κ2) is 8.11. The van der Waals surface area contributed by atoms with E-state index < -0.39 is 0 Å². The van der Waals surface area contributed by atoms with E-state index in [-0.39, 0.29) is 0 Å². The average molecular weight is 439 g/mol. The molecule has 0 fully saturated rings. The van der Waals surface area contributed by atoms with Gasteiger partial charge in [0, 0.05) is 18.8 Å². The van der Waals surface area contributed by atoms with Crippen LogP contribution in [0.5, 0.6) is 5.75 Å². The van der Waals surface area contributed by atoms with Crippen molar-refractivity contribution in [1.29, 1.82) is 0 Å². The third-order valence-corrected chi connectivity index (χ3v) is 4.01. The number of nitrogens with zero attached hydrogens (tertiary/aromatic N) is 1. The van der Waals surface area contributed by atoms with Crippen LogP contribution in [0.2, 0.25) is 0 Å². The molecule has 0 radical (unpaired) electrons. The number of halogens is 2. The van der Waals surface area contributed by atoms with Crippen molar-refractivity contribution in [3.8, 4) is 5.75 Å². The first-order valence-electron chi connectivity index (χ1n) is 6.18. The molecular weight excluding hydrogens is 419 g/mol. The Bertz CT molecular complexity index is 428. The Kier molecular flexibility index (Phi) is 7.17. The lowest BCUT2D eigenvalue weighted by Gasteiger charge is -2.21. The highest BCUT2D eigenvalue weighted by atomic mass is 127. The van der Waals surface area contributed by atoms with Crippen molar-refractivity contribution in [1.82, 2.24) is 4.90 Å². The van der Waals surface area contributed by atoms with Crippen molar-refractivity contribution in [3.63, 3.8) is 0 Å². The molecule has 1 aromatic carbocycles. The van der Waals surface area contributed by atoms with Crippen molar-refractivity contribution in [2.24, 2.45) is 0 Å². The zero-order valence-electron chi connectivity index (χ0n) is 11.4. The number of hydrogen-bond acceptors (Lipinski definition) is 3. The fourth-order valence-corrected chi connectivity index (χ4v) is 3.49. The van der Waals surface area contributed by atoms with Gasteiger partial charge in [-0.05, 0) is 64.1 Å². The highest BCUT2D eigenvalue weighted by Crippen LogP contribution is 2.32. The van der Waals surface area contributed by atoms with Crippen molar-refractivity contribution in [2.45, 2.75) is 13.8 Å². The summed E-state index contributed by atoms with van der Waals surface area (Å²) >= 11 is 5.72. The van der Waals surface area contributed by atoms with Crippen LogP contribution in [0.4, 0.5) is 5.69 Å². The predicted octanol–water partition coefficient (Wildman–Crippen LogP) is 3.91. The molecule has 3 nitrogen and oxygen atoms in total. The van der Waals surface area contributed by atoms with E-state index in [1.807, 2.05) is 19.1 Å². The Morgan fingerprint density at radius 3 is 2.74 bits per heavy atom. The van der Waals surface area contributed by atoms with Crippen LogP contribution in [0.15, 0.2) is 28.8 Å². The van der Waals surface area contributed by atoms with Crippen LogP contribution in [0.1, 0.15) is 13.8 Å². The van der Waals surface area contributed by atoms with Crippen LogP contribution >= 0.6 is 38.5 Å². The Morgan fingerprint density at radius 1 is 1.53 bits per heavy atom. The van der Waals surface area contributed by atoms with Crippen LogP contribution in [-0.2, 0) is 0 Å². The van der Waals surface area contributed by atoms with Gasteiger partial charge >= 0.3 is 0 Å². The Morgan fingerprint density at radius 2 is 2.21 bits per heavy atom. The lowest BCUT2D eigenvalue weighted by Crippen LogP contribution is -2.29. The molecule has 5 heteroatoms. The predicted molar refractivity (Wildman–Crippen MR) is 93.7 cm³/mol. The van der Waals surface area contributed by atoms with E-state index >= 15 is 0 Å². The first-order chi connectivity index (χ1) is 8.93. The van der Waals surface area contributed by atoms with Gasteiger partial charge in [-0.3, -0.25) is 4.90 Å². The molecule has 0 bridgehead atoms. The minimum atomic E-state index is 0.652. The Hall–Kier alpha value is -0.270. The molecule has 0 heterocycles. The zero-order valence-corrected chi connectivity index (χ0v) is 15.1. The van der Waals surface area contributed by atoms with Crippen LogP contribution < -0.4 is 10.5 Å². The maximum absolute atomic E-state index is 5.86. The van der Waals surface area contributed by atoms with Gasteiger partial charge < -0.3 is 10.5 Å². The molecule has 1 aromatic rings. The highest BCUT2D eigenvalue weighted by Gasteiger charge is 2.09. The van der Waals surface area contributed by atoms with Crippen molar-refractivity contribution in [3.05, 3.63) is 32.3 Å². The maximum Gasteiger partial charge on any atom is 0.146 e. The standard InChI is InChI=1S/C14H20BrIN2O/c1-4-18(9-10(2)3)5-6-19-14-12(15)7-11(17)8-13(14)16/h7-8H,2,4-6,9,17H2,1,3H3. The molecule has 0 aromatic heterocycles. The number of nitrogen functional groups attached to an aromatic ring is 1. The van der Waals surface area contributed by atoms with Crippen LogP contribution in [-0.4, -0.2) is 31.1 Å². The smallest absolute Gasteiger partial charge is 0.146 e. The zero-order chi connectivity index (χ0) is 14.4. The average Bonchev–Trinajstić information content (AvgIpc) is 2.30. The second-order valence-electron chi connectivity index (χ2n) is 4.49. The van der Waals surface area contributed by atoms with E-state index in [0.717, 1.165) is 39.1 Å². The lowest BCUT2D eigenvalue weighted by molar-refractivity contribution is 0.225. The molecule has 1 rings (SSSR count). The summed E-state index contributed by atoms with van der Waals surface area (Å²) in [5, 5.41) is 0. The molecule has 0 aliphatic rings. The number of benzene rings is 1. The summed E-state index contributed by atoms with van der Waals surface area (Å²) in [5.74, 6) is 0.862. The van der Waals surface area contributed by atoms with Crippen LogP contribution in [0.25, 0.3) is 0 Å². The molecule has 106 valence electrons. The van der Waals surface area contributed by atoms with Gasteiger partial charge in [0.2, 0.25) is 0 Å². The quantitative estimate of drug-likeness (QED) is 0.398. The van der Waals surface area contributed by atoms with E-state index in [0.29, 0.717) is 6.61 Å². The number of nitrogens with two attached hydrogens (primary N) is 1. The summed E-state index contributed by atoms with van der Waals surface area (Å²) in [6.45, 7) is 11.6. The molecule has 0 amide bonds. The van der Waals surface area contributed by atoms with E-state index in [1.165, 1.54) is 5.57 Å². The van der Waals surface area contributed by atoms with Gasteiger partial charge in [0.15, 0.2) is 0 Å². The van der Waals surface area contributed by atoms with Crippen LogP contribution in [0, 0.1) is 3.57 Å². The summed E-state index contributed by atoms with van der Waals surface area (Å²) in [4.78, 5) is 2.31. The van der Waals surface area contributed by atoms with Gasteiger partial charge in [-0.25, -0.2) is 0 Å². The normalized spacial score (nSPS) is 10.8. The third kappa shape index (κ3) is 5.71. The van der Waals surface area contributed by atoms with Gasteiger partial charge in [-0.15, -0.1) is 0 Å². The first-order valence-corrected chi connectivity index (χ1v) is 8.05. The molecule has 0 saturated heterocycles. The summed E-state index contributed by atoms with van der Waals surface area (Å²) in [5.41, 5.74) is 7.68. The van der Waals surface area contributed by atoms with E-state index in [4.69, 9.17) is 10.5 Å². The largest absolute Gasteiger partial charge is 0.490 e. The van der Waals surface area contributed by atoms with Crippen molar-refractivity contribution >= 4 is 44.2 Å². The number of likely N-dealkylation sites (N-methyl/N-ethyl adjacent to an activating group) is 1. The number of anilines is 1. The highest BCUT2D eigenvalue weighted by molar-refractivity contribution is 14.1. The summed E-state index contributed by atoms with van der Waals surface area (Å²) < 4.78 is 7.78. The summed E-state index contributed by atoms with van der Waals surface area (Å²) in [7, 11) is 0. The van der Waals surface area contributed by atoms with Gasteiger partial charge in [-0.2, -0.15) is 0 Å². The van der Waals surface area contributed by atoms with E-state index in [1.54, 1.807) is 0 Å². The molecule has 19 heavy (non-hydrogen) atoms. The topological polar surface area (TPSA) is 38.5 Å². The molecule has 0 aliphatic heterocycles. The van der Waals surface area contributed by atoms with Gasteiger partial charge in [0.1, 0.15) is 12.4 Å². The molecule has 0 atom stereocenters.